The summed E-state index contributed by atoms with van der Waals surface area (Å²) < 4.78 is 5.58. The molecule has 2 nitrogen and oxygen atoms in total. The van der Waals surface area contributed by atoms with E-state index in [1.54, 1.807) is 0 Å². The second-order valence-corrected chi connectivity index (χ2v) is 4.80. The molecule has 0 N–H and O–H groups in total. The quantitative estimate of drug-likeness (QED) is 0.609. The summed E-state index contributed by atoms with van der Waals surface area (Å²) in [5.74, 6) is 0.786. The fraction of sp³-hybridized carbons (Fsp3) is 0.727. The Bertz CT molecular complexity index is 223. The predicted molar refractivity (Wildman–Crippen MR) is 56.1 cm³/mol. The van der Waals surface area contributed by atoms with Crippen molar-refractivity contribution in [1.29, 1.82) is 0 Å². The summed E-state index contributed by atoms with van der Waals surface area (Å²) in [4.78, 5) is 4.39. The summed E-state index contributed by atoms with van der Waals surface area (Å²) in [6.45, 7) is 9.30. The van der Waals surface area contributed by atoms with Crippen LogP contribution in [0.4, 0.5) is 0 Å². The number of hydrogen-bond acceptors (Lipinski definition) is 2. The third-order valence-electron chi connectivity index (χ3n) is 1.74. The van der Waals surface area contributed by atoms with Crippen LogP contribution in [-0.4, -0.2) is 18.5 Å². The van der Waals surface area contributed by atoms with E-state index < -0.39 is 0 Å². The number of ether oxygens (including phenoxy) is 1. The zero-order chi connectivity index (χ0) is 9.90. The minimum absolute atomic E-state index is 0.205. The predicted octanol–water partition coefficient (Wildman–Crippen LogP) is 2.80. The summed E-state index contributed by atoms with van der Waals surface area (Å²) >= 11 is 0. The maximum Gasteiger partial charge on any atom is 0.208 e. The molecule has 1 unspecified atom stereocenters. The molecule has 13 heavy (non-hydrogen) atoms. The van der Waals surface area contributed by atoms with Gasteiger partial charge in [0.2, 0.25) is 5.90 Å². The molecule has 0 radical (unpaired) electrons. The lowest BCUT2D eigenvalue weighted by Gasteiger charge is -2.20. The molecular weight excluding hydrogens is 162 g/mol. The molecule has 1 heterocycles. The second kappa shape index (κ2) is 3.95. The Hall–Kier alpha value is -0.790. The standard InChI is InChI=1S/C11H19NO/c1-9-6-5-7-10(12-9)13-8-11(2,3)4/h5,7,9H,6,8H2,1-4H3. The zero-order valence-electron chi connectivity index (χ0n) is 9.00. The summed E-state index contributed by atoms with van der Waals surface area (Å²) in [6, 6.07) is 0.375. The molecule has 0 amide bonds. The van der Waals surface area contributed by atoms with Gasteiger partial charge in [-0.2, -0.15) is 0 Å². The first-order valence-electron chi connectivity index (χ1n) is 4.84. The lowest BCUT2D eigenvalue weighted by atomic mass is 9.99. The first-order valence-corrected chi connectivity index (χ1v) is 4.84. The molecule has 1 atom stereocenters. The van der Waals surface area contributed by atoms with Gasteiger partial charge in [0.05, 0.1) is 12.6 Å². The first kappa shape index (κ1) is 10.3. The van der Waals surface area contributed by atoms with Gasteiger partial charge in [0.1, 0.15) is 0 Å². The van der Waals surface area contributed by atoms with Crippen LogP contribution in [0.5, 0.6) is 0 Å². The Morgan fingerprint density at radius 2 is 2.23 bits per heavy atom. The zero-order valence-corrected chi connectivity index (χ0v) is 9.00. The highest BCUT2D eigenvalue weighted by Gasteiger charge is 2.13. The van der Waals surface area contributed by atoms with Crippen molar-refractivity contribution in [3.63, 3.8) is 0 Å². The highest BCUT2D eigenvalue weighted by molar-refractivity contribution is 5.88. The third-order valence-corrected chi connectivity index (χ3v) is 1.74. The van der Waals surface area contributed by atoms with Gasteiger partial charge < -0.3 is 4.74 Å². The summed E-state index contributed by atoms with van der Waals surface area (Å²) in [7, 11) is 0. The van der Waals surface area contributed by atoms with E-state index >= 15 is 0 Å². The molecule has 0 fully saturated rings. The van der Waals surface area contributed by atoms with Gasteiger partial charge in [0.25, 0.3) is 0 Å². The van der Waals surface area contributed by atoms with Crippen LogP contribution in [0.2, 0.25) is 0 Å². The molecular formula is C11H19NO. The fourth-order valence-electron chi connectivity index (χ4n) is 1.05. The maximum absolute atomic E-state index is 5.58. The van der Waals surface area contributed by atoms with Crippen molar-refractivity contribution in [3.05, 3.63) is 12.2 Å². The van der Waals surface area contributed by atoms with Crippen molar-refractivity contribution < 1.29 is 4.74 Å². The molecule has 0 bridgehead atoms. The largest absolute Gasteiger partial charge is 0.477 e. The van der Waals surface area contributed by atoms with Gasteiger partial charge in [-0.3, -0.25) is 0 Å². The average Bonchev–Trinajstić information content (AvgIpc) is 2.00. The van der Waals surface area contributed by atoms with Gasteiger partial charge >= 0.3 is 0 Å². The fourth-order valence-corrected chi connectivity index (χ4v) is 1.05. The number of rotatable bonds is 1. The minimum Gasteiger partial charge on any atom is -0.477 e. The van der Waals surface area contributed by atoms with Crippen LogP contribution in [0.25, 0.3) is 0 Å². The van der Waals surface area contributed by atoms with Gasteiger partial charge in [-0.1, -0.05) is 26.8 Å². The van der Waals surface area contributed by atoms with Crippen LogP contribution in [0.15, 0.2) is 17.1 Å². The highest BCUT2D eigenvalue weighted by atomic mass is 16.5. The molecule has 1 rings (SSSR count). The lowest BCUT2D eigenvalue weighted by Crippen LogP contribution is -2.19. The monoisotopic (exact) mass is 181 g/mol. The molecule has 0 saturated heterocycles. The number of aliphatic imine (C=N–C) groups is 1. The molecule has 0 saturated carbocycles. The van der Waals surface area contributed by atoms with Crippen LogP contribution in [0, 0.1) is 5.41 Å². The van der Waals surface area contributed by atoms with Crippen molar-refractivity contribution in [2.75, 3.05) is 6.61 Å². The summed E-state index contributed by atoms with van der Waals surface area (Å²) in [5, 5.41) is 0. The molecule has 0 spiro atoms. The SMILES string of the molecule is CC1CC=CC(OCC(C)(C)C)=N1. The van der Waals surface area contributed by atoms with E-state index in [-0.39, 0.29) is 5.41 Å². The van der Waals surface area contributed by atoms with Crippen molar-refractivity contribution >= 4 is 5.90 Å². The van der Waals surface area contributed by atoms with Crippen LogP contribution in [0.1, 0.15) is 34.1 Å². The molecule has 1 aliphatic rings. The summed E-state index contributed by atoms with van der Waals surface area (Å²) in [6.07, 6.45) is 5.11. The van der Waals surface area contributed by atoms with Gasteiger partial charge in [-0.05, 0) is 24.8 Å². The van der Waals surface area contributed by atoms with Crippen molar-refractivity contribution in [3.8, 4) is 0 Å². The van der Waals surface area contributed by atoms with E-state index in [1.165, 1.54) is 0 Å². The van der Waals surface area contributed by atoms with E-state index in [4.69, 9.17) is 4.74 Å². The second-order valence-electron chi connectivity index (χ2n) is 4.80. The van der Waals surface area contributed by atoms with E-state index in [0.717, 1.165) is 18.9 Å². The molecule has 0 aliphatic carbocycles. The highest BCUT2D eigenvalue weighted by Crippen LogP contribution is 2.14. The van der Waals surface area contributed by atoms with E-state index in [2.05, 4.69) is 38.8 Å². The third kappa shape index (κ3) is 4.11. The van der Waals surface area contributed by atoms with Crippen LogP contribution in [-0.2, 0) is 4.74 Å². The number of nitrogens with zero attached hydrogens (tertiary/aromatic N) is 1. The van der Waals surface area contributed by atoms with Gasteiger partial charge in [0, 0.05) is 0 Å². The Morgan fingerprint density at radius 1 is 1.54 bits per heavy atom. The normalized spacial score (nSPS) is 22.8. The number of hydrogen-bond donors (Lipinski definition) is 0. The van der Waals surface area contributed by atoms with Crippen LogP contribution >= 0.6 is 0 Å². The van der Waals surface area contributed by atoms with Crippen molar-refractivity contribution in [1.82, 2.24) is 0 Å². The molecule has 74 valence electrons. The topological polar surface area (TPSA) is 21.6 Å². The molecule has 2 heteroatoms. The smallest absolute Gasteiger partial charge is 0.208 e. The Labute approximate surface area is 80.7 Å². The van der Waals surface area contributed by atoms with E-state index in [0.29, 0.717) is 6.04 Å². The molecule has 0 aromatic rings. The lowest BCUT2D eigenvalue weighted by molar-refractivity contribution is 0.187. The van der Waals surface area contributed by atoms with Crippen LogP contribution < -0.4 is 0 Å². The van der Waals surface area contributed by atoms with Crippen molar-refractivity contribution in [2.45, 2.75) is 40.2 Å². The van der Waals surface area contributed by atoms with Crippen LogP contribution in [0.3, 0.4) is 0 Å². The van der Waals surface area contributed by atoms with Gasteiger partial charge in [0.15, 0.2) is 0 Å². The first-order chi connectivity index (χ1) is 5.97. The minimum atomic E-state index is 0.205. The van der Waals surface area contributed by atoms with Gasteiger partial charge in [-0.15, -0.1) is 0 Å². The molecule has 1 aliphatic heterocycles. The molecule has 0 aromatic carbocycles. The number of dihydropyridines is 1. The maximum atomic E-state index is 5.58. The average molecular weight is 181 g/mol. The van der Waals surface area contributed by atoms with Gasteiger partial charge in [-0.25, -0.2) is 4.99 Å². The van der Waals surface area contributed by atoms with E-state index in [9.17, 15) is 0 Å². The Morgan fingerprint density at radius 3 is 2.77 bits per heavy atom. The summed E-state index contributed by atoms with van der Waals surface area (Å²) in [5.41, 5.74) is 0.205. The Kier molecular flexibility index (Phi) is 3.12. The van der Waals surface area contributed by atoms with E-state index in [1.807, 2.05) is 6.08 Å². The van der Waals surface area contributed by atoms with Crippen molar-refractivity contribution in [2.24, 2.45) is 10.4 Å². The Balaban J connectivity index is 2.41. The molecule has 0 aromatic heterocycles.